The summed E-state index contributed by atoms with van der Waals surface area (Å²) in [7, 11) is 0. The van der Waals surface area contributed by atoms with Gasteiger partial charge in [0.25, 0.3) is 5.91 Å². The van der Waals surface area contributed by atoms with Crippen LogP contribution in [0.15, 0.2) is 53.3 Å². The van der Waals surface area contributed by atoms with Crippen molar-refractivity contribution in [1.82, 2.24) is 20.4 Å². The Morgan fingerprint density at radius 2 is 1.79 bits per heavy atom. The number of hydrogen-bond donors (Lipinski definition) is 1. The van der Waals surface area contributed by atoms with E-state index >= 15 is 0 Å². The van der Waals surface area contributed by atoms with Crippen LogP contribution < -0.4 is 10.1 Å². The molecule has 8 heteroatoms. The first-order chi connectivity index (χ1) is 18.5. The molecule has 0 atom stereocenters. The summed E-state index contributed by atoms with van der Waals surface area (Å²) >= 11 is 0. The minimum Gasteiger partial charge on any atom is -0.493 e. The number of aryl methyl sites for hydroxylation is 2. The fourth-order valence-electron chi connectivity index (χ4n) is 5.64. The second kappa shape index (κ2) is 11.8. The zero-order valence-corrected chi connectivity index (χ0v) is 22.1. The van der Waals surface area contributed by atoms with Crippen LogP contribution in [0.5, 0.6) is 5.75 Å². The lowest BCUT2D eigenvalue weighted by Gasteiger charge is -2.42. The number of pyridine rings is 1. The van der Waals surface area contributed by atoms with Crippen LogP contribution in [0.3, 0.4) is 0 Å². The van der Waals surface area contributed by atoms with E-state index < -0.39 is 0 Å². The number of nitrogens with one attached hydrogen (secondary N) is 1. The van der Waals surface area contributed by atoms with Crippen molar-refractivity contribution in [3.63, 3.8) is 0 Å². The minimum atomic E-state index is -0.0491. The molecule has 3 aromatic rings. The molecule has 2 aliphatic rings. The largest absolute Gasteiger partial charge is 0.493 e. The summed E-state index contributed by atoms with van der Waals surface area (Å²) in [5.41, 5.74) is 3.12. The number of para-hydroxylation sites is 1. The quantitative estimate of drug-likeness (QED) is 0.517. The number of carbonyl (C=O) groups is 2. The number of nitrogens with zero attached hydrogens (tertiary/aromatic N) is 3. The van der Waals surface area contributed by atoms with E-state index in [0.717, 1.165) is 49.8 Å². The van der Waals surface area contributed by atoms with E-state index in [9.17, 15) is 9.59 Å². The summed E-state index contributed by atoms with van der Waals surface area (Å²) in [6.45, 7) is 4.26. The Bertz CT molecular complexity index is 1250. The lowest BCUT2D eigenvalue weighted by Crippen LogP contribution is -2.48. The fourth-order valence-corrected chi connectivity index (χ4v) is 5.64. The van der Waals surface area contributed by atoms with Crippen LogP contribution in [-0.4, -0.2) is 53.1 Å². The number of rotatable bonds is 2. The molecular formula is C30H36N4O4. The van der Waals surface area contributed by atoms with Gasteiger partial charge in [-0.1, -0.05) is 29.8 Å². The number of ether oxygens (including phenoxy) is 1. The Morgan fingerprint density at radius 1 is 1.00 bits per heavy atom. The third-order valence-corrected chi connectivity index (χ3v) is 7.98. The van der Waals surface area contributed by atoms with Crippen LogP contribution in [-0.2, 0) is 11.2 Å². The van der Waals surface area contributed by atoms with Gasteiger partial charge >= 0.3 is 0 Å². The van der Waals surface area contributed by atoms with Gasteiger partial charge in [-0.3, -0.25) is 14.6 Å². The van der Waals surface area contributed by atoms with Gasteiger partial charge in [-0.25, -0.2) is 0 Å². The smallest absolute Gasteiger partial charge is 0.259 e. The van der Waals surface area contributed by atoms with Crippen LogP contribution >= 0.6 is 0 Å². The molecule has 4 heterocycles. The van der Waals surface area contributed by atoms with E-state index in [0.29, 0.717) is 56.1 Å². The van der Waals surface area contributed by atoms with Crippen molar-refractivity contribution in [2.24, 2.45) is 5.41 Å². The Hall–Kier alpha value is -3.68. The molecule has 0 saturated carbocycles. The van der Waals surface area contributed by atoms with E-state index in [1.807, 2.05) is 29.2 Å². The molecule has 8 nitrogen and oxygen atoms in total. The van der Waals surface area contributed by atoms with Crippen molar-refractivity contribution in [1.29, 1.82) is 0 Å². The molecule has 1 spiro atoms. The van der Waals surface area contributed by atoms with E-state index in [1.165, 1.54) is 5.56 Å². The monoisotopic (exact) mass is 516 g/mol. The molecule has 0 radical (unpaired) electrons. The first-order valence-electron chi connectivity index (χ1n) is 13.7. The Kier molecular flexibility index (Phi) is 8.05. The molecule has 0 aliphatic carbocycles. The molecule has 2 aromatic heterocycles. The molecule has 200 valence electrons. The third kappa shape index (κ3) is 5.90. The number of benzene rings is 1. The number of piperidine rings is 1. The molecule has 1 fully saturated rings. The number of carbonyl (C=O) groups excluding carboxylic acids is 2. The molecule has 0 unspecified atom stereocenters. The Labute approximate surface area is 223 Å². The van der Waals surface area contributed by atoms with Crippen molar-refractivity contribution in [3.8, 4) is 17.0 Å². The van der Waals surface area contributed by atoms with Crippen molar-refractivity contribution < 1.29 is 18.8 Å². The zero-order chi connectivity index (χ0) is 26.4. The lowest BCUT2D eigenvalue weighted by molar-refractivity contribution is -0.122. The van der Waals surface area contributed by atoms with Crippen LogP contribution in [0.25, 0.3) is 11.3 Å². The van der Waals surface area contributed by atoms with Crippen LogP contribution in [0.4, 0.5) is 0 Å². The summed E-state index contributed by atoms with van der Waals surface area (Å²) in [6, 6.07) is 11.9. The van der Waals surface area contributed by atoms with Gasteiger partial charge in [0, 0.05) is 44.0 Å². The molecule has 0 bridgehead atoms. The minimum absolute atomic E-state index is 0.00973. The number of fused-ring (bicyclic) bond motifs is 1. The van der Waals surface area contributed by atoms with E-state index in [1.54, 1.807) is 19.3 Å². The summed E-state index contributed by atoms with van der Waals surface area (Å²) in [6.07, 6.45) is 10.3. The van der Waals surface area contributed by atoms with Gasteiger partial charge in [0.15, 0.2) is 0 Å². The molecule has 1 saturated heterocycles. The SMILES string of the molecule is Cc1onc(-c2ccncc2)c1C(=O)N1CCC2(CCCCc3ccccc3OCCCC(=O)NC2)CC1. The second-order valence-electron chi connectivity index (χ2n) is 10.5. The molecule has 1 aromatic carbocycles. The number of aromatic nitrogens is 2. The Balaban J connectivity index is 1.27. The highest BCUT2D eigenvalue weighted by atomic mass is 16.5. The van der Waals surface area contributed by atoms with Crippen molar-refractivity contribution in [3.05, 3.63) is 65.7 Å². The summed E-state index contributed by atoms with van der Waals surface area (Å²) < 4.78 is 11.4. The second-order valence-corrected chi connectivity index (χ2v) is 10.5. The first kappa shape index (κ1) is 25.9. The zero-order valence-electron chi connectivity index (χ0n) is 22.1. The predicted octanol–water partition coefficient (Wildman–Crippen LogP) is 4.97. The predicted molar refractivity (Wildman–Crippen MR) is 144 cm³/mol. The fraction of sp³-hybridized carbons (Fsp3) is 0.467. The molecule has 2 amide bonds. The van der Waals surface area contributed by atoms with Gasteiger partial charge in [0.1, 0.15) is 22.8 Å². The molecule has 38 heavy (non-hydrogen) atoms. The lowest BCUT2D eigenvalue weighted by atomic mass is 9.74. The first-order valence-corrected chi connectivity index (χ1v) is 13.7. The number of likely N-dealkylation sites (tertiary alicyclic amines) is 1. The normalized spacial score (nSPS) is 18.7. The number of hydrogen-bond acceptors (Lipinski definition) is 6. The van der Waals surface area contributed by atoms with Gasteiger partial charge in [0.2, 0.25) is 5.91 Å². The van der Waals surface area contributed by atoms with E-state index in [-0.39, 0.29) is 17.2 Å². The van der Waals surface area contributed by atoms with Gasteiger partial charge in [0.05, 0.1) is 6.61 Å². The maximum Gasteiger partial charge on any atom is 0.259 e. The summed E-state index contributed by atoms with van der Waals surface area (Å²) in [5, 5.41) is 7.37. The highest BCUT2D eigenvalue weighted by Crippen LogP contribution is 2.38. The van der Waals surface area contributed by atoms with E-state index in [4.69, 9.17) is 9.26 Å². The third-order valence-electron chi connectivity index (χ3n) is 7.98. The Morgan fingerprint density at radius 3 is 2.61 bits per heavy atom. The molecular weight excluding hydrogens is 480 g/mol. The maximum absolute atomic E-state index is 13.6. The van der Waals surface area contributed by atoms with Gasteiger partial charge in [-0.05, 0) is 74.6 Å². The van der Waals surface area contributed by atoms with Gasteiger partial charge in [-0.2, -0.15) is 0 Å². The highest BCUT2D eigenvalue weighted by molar-refractivity contribution is 6.00. The summed E-state index contributed by atoms with van der Waals surface area (Å²) in [4.78, 5) is 32.2. The van der Waals surface area contributed by atoms with Crippen LogP contribution in [0.1, 0.15) is 66.6 Å². The van der Waals surface area contributed by atoms with E-state index in [2.05, 4.69) is 27.6 Å². The van der Waals surface area contributed by atoms with Crippen molar-refractivity contribution >= 4 is 11.8 Å². The average Bonchev–Trinajstić information content (AvgIpc) is 3.34. The van der Waals surface area contributed by atoms with Crippen LogP contribution in [0.2, 0.25) is 0 Å². The van der Waals surface area contributed by atoms with Gasteiger partial charge < -0.3 is 19.5 Å². The number of amides is 2. The molecule has 5 rings (SSSR count). The van der Waals surface area contributed by atoms with Gasteiger partial charge in [-0.15, -0.1) is 0 Å². The standard InChI is InChI=1S/C30H36N4O4/c1-22-27(28(33-38-22)24-11-16-31-17-12-24)29(36)34-18-14-30(15-19-34)13-5-4-8-23-7-2-3-9-25(23)37-20-6-10-26(35)32-21-30/h2-3,7,9,11-12,16-17H,4-6,8,10,13-15,18-21H2,1H3,(H,32,35). The topological polar surface area (TPSA) is 97.6 Å². The summed E-state index contributed by atoms with van der Waals surface area (Å²) in [5.74, 6) is 1.48. The van der Waals surface area contributed by atoms with Crippen LogP contribution in [0, 0.1) is 12.3 Å². The highest BCUT2D eigenvalue weighted by Gasteiger charge is 2.37. The van der Waals surface area contributed by atoms with Crippen molar-refractivity contribution in [2.45, 2.75) is 58.3 Å². The van der Waals surface area contributed by atoms with Crippen molar-refractivity contribution in [2.75, 3.05) is 26.2 Å². The average molecular weight is 517 g/mol. The maximum atomic E-state index is 13.6. The molecule has 1 N–H and O–H groups in total. The molecule has 2 aliphatic heterocycles.